The van der Waals surface area contributed by atoms with E-state index in [1.54, 1.807) is 6.92 Å². The van der Waals surface area contributed by atoms with Crippen molar-refractivity contribution in [1.29, 1.82) is 0 Å². The van der Waals surface area contributed by atoms with E-state index in [1.807, 2.05) is 25.9 Å². The fraction of sp³-hybridized carbons (Fsp3) is 0.700. The number of halogens is 1. The van der Waals surface area contributed by atoms with Crippen LogP contribution in [0.1, 0.15) is 20.3 Å². The number of nitrogens with zero attached hydrogens (tertiary/aromatic N) is 1. The van der Waals surface area contributed by atoms with Gasteiger partial charge in [-0.2, -0.15) is 0 Å². The molecule has 0 spiro atoms. The molecule has 4 heteroatoms. The standard InChI is InChI=1S/C9H17NO2.CH3Cl/c1-6-8(10(4)5)12-9(11)7(2)3;1-2/h8H,2,6H2,1,3-5H3;1H3. The van der Waals surface area contributed by atoms with E-state index in [1.165, 1.54) is 6.38 Å². The van der Waals surface area contributed by atoms with Crippen molar-refractivity contribution in [2.45, 2.75) is 26.5 Å². The van der Waals surface area contributed by atoms with Crippen LogP contribution in [0.15, 0.2) is 12.2 Å². The van der Waals surface area contributed by atoms with Crippen LogP contribution in [-0.2, 0) is 9.53 Å². The monoisotopic (exact) mass is 221 g/mol. The number of alkyl halides is 1. The second kappa shape index (κ2) is 9.03. The lowest BCUT2D eigenvalue weighted by molar-refractivity contribution is -0.152. The van der Waals surface area contributed by atoms with Crippen LogP contribution in [-0.4, -0.2) is 37.6 Å². The van der Waals surface area contributed by atoms with Crippen LogP contribution in [0.25, 0.3) is 0 Å². The molecular formula is C10H20ClNO2. The molecule has 0 bridgehead atoms. The highest BCUT2D eigenvalue weighted by molar-refractivity contribution is 6.15. The molecular weight excluding hydrogens is 202 g/mol. The normalized spacial score (nSPS) is 11.4. The smallest absolute Gasteiger partial charge is 0.334 e. The van der Waals surface area contributed by atoms with Crippen molar-refractivity contribution in [3.63, 3.8) is 0 Å². The Labute approximate surface area is 91.7 Å². The van der Waals surface area contributed by atoms with Crippen LogP contribution in [0.5, 0.6) is 0 Å². The number of carbonyl (C=O) groups excluding carboxylic acids is 1. The van der Waals surface area contributed by atoms with E-state index in [2.05, 4.69) is 18.2 Å². The molecule has 1 unspecified atom stereocenters. The summed E-state index contributed by atoms with van der Waals surface area (Å²) in [5, 5.41) is 0. The Morgan fingerprint density at radius 3 is 2.14 bits per heavy atom. The summed E-state index contributed by atoms with van der Waals surface area (Å²) in [6.07, 6.45) is 2.11. The minimum atomic E-state index is -0.324. The van der Waals surface area contributed by atoms with Gasteiger partial charge in [0, 0.05) is 12.0 Å². The Balaban J connectivity index is 0. The molecule has 0 aliphatic carbocycles. The van der Waals surface area contributed by atoms with Gasteiger partial charge in [-0.15, -0.1) is 11.6 Å². The zero-order chi connectivity index (χ0) is 11.7. The van der Waals surface area contributed by atoms with Crippen molar-refractivity contribution < 1.29 is 9.53 Å². The molecule has 0 saturated heterocycles. The Morgan fingerprint density at radius 2 is 1.93 bits per heavy atom. The third-order valence-electron chi connectivity index (χ3n) is 1.52. The molecule has 0 aromatic carbocycles. The van der Waals surface area contributed by atoms with Gasteiger partial charge in [0.1, 0.15) is 0 Å². The highest BCUT2D eigenvalue weighted by atomic mass is 35.5. The van der Waals surface area contributed by atoms with Crippen LogP contribution in [0, 0.1) is 0 Å². The topological polar surface area (TPSA) is 29.5 Å². The van der Waals surface area contributed by atoms with Crippen LogP contribution in [0.4, 0.5) is 0 Å². The molecule has 0 aliphatic rings. The summed E-state index contributed by atoms with van der Waals surface area (Å²) in [5.41, 5.74) is 0.440. The van der Waals surface area contributed by atoms with E-state index >= 15 is 0 Å². The number of esters is 1. The molecule has 1 atom stereocenters. The highest BCUT2D eigenvalue weighted by Crippen LogP contribution is 2.04. The maximum Gasteiger partial charge on any atom is 0.334 e. The maximum atomic E-state index is 11.1. The summed E-state index contributed by atoms with van der Waals surface area (Å²) in [6, 6.07) is 0. The molecule has 0 saturated carbocycles. The first-order chi connectivity index (χ1) is 6.49. The van der Waals surface area contributed by atoms with Crippen molar-refractivity contribution in [2.75, 3.05) is 20.5 Å². The van der Waals surface area contributed by atoms with Gasteiger partial charge >= 0.3 is 5.97 Å². The number of carbonyl (C=O) groups is 1. The minimum Gasteiger partial charge on any atom is -0.443 e. The molecule has 0 aliphatic heterocycles. The van der Waals surface area contributed by atoms with Gasteiger partial charge in [-0.1, -0.05) is 13.5 Å². The fourth-order valence-electron chi connectivity index (χ4n) is 0.778. The molecule has 0 aromatic rings. The van der Waals surface area contributed by atoms with E-state index in [4.69, 9.17) is 4.74 Å². The van der Waals surface area contributed by atoms with Crippen LogP contribution in [0.2, 0.25) is 0 Å². The van der Waals surface area contributed by atoms with Gasteiger partial charge in [-0.25, -0.2) is 4.79 Å². The van der Waals surface area contributed by atoms with Crippen molar-refractivity contribution in [3.8, 4) is 0 Å². The Hall–Kier alpha value is -0.540. The molecule has 0 amide bonds. The lowest BCUT2D eigenvalue weighted by atomic mass is 10.3. The zero-order valence-corrected chi connectivity index (χ0v) is 10.4. The maximum absolute atomic E-state index is 11.1. The van der Waals surface area contributed by atoms with Crippen LogP contribution >= 0.6 is 11.6 Å². The first kappa shape index (κ1) is 15.9. The summed E-state index contributed by atoms with van der Waals surface area (Å²) in [4.78, 5) is 12.9. The Morgan fingerprint density at radius 1 is 1.50 bits per heavy atom. The number of rotatable bonds is 4. The number of ether oxygens (including phenoxy) is 1. The summed E-state index contributed by atoms with van der Waals surface area (Å²) in [7, 11) is 3.75. The van der Waals surface area contributed by atoms with E-state index in [0.29, 0.717) is 5.57 Å². The molecule has 0 fully saturated rings. The zero-order valence-electron chi connectivity index (χ0n) is 9.63. The first-order valence-corrected chi connectivity index (χ1v) is 5.15. The molecule has 14 heavy (non-hydrogen) atoms. The second-order valence-electron chi connectivity index (χ2n) is 3.01. The van der Waals surface area contributed by atoms with Gasteiger partial charge in [0.15, 0.2) is 6.23 Å². The minimum absolute atomic E-state index is 0.144. The molecule has 0 N–H and O–H groups in total. The predicted octanol–water partition coefficient (Wildman–Crippen LogP) is 2.26. The molecule has 3 nitrogen and oxygen atoms in total. The lowest BCUT2D eigenvalue weighted by Gasteiger charge is -2.22. The molecule has 0 rings (SSSR count). The van der Waals surface area contributed by atoms with Crippen molar-refractivity contribution in [2.24, 2.45) is 0 Å². The van der Waals surface area contributed by atoms with E-state index in [9.17, 15) is 4.79 Å². The summed E-state index contributed by atoms with van der Waals surface area (Å²) in [5.74, 6) is -0.324. The number of hydrogen-bond acceptors (Lipinski definition) is 3. The van der Waals surface area contributed by atoms with Gasteiger partial charge in [-0.3, -0.25) is 4.90 Å². The van der Waals surface area contributed by atoms with E-state index in [0.717, 1.165) is 6.42 Å². The van der Waals surface area contributed by atoms with Gasteiger partial charge in [-0.05, 0) is 27.4 Å². The van der Waals surface area contributed by atoms with E-state index in [-0.39, 0.29) is 12.2 Å². The fourth-order valence-corrected chi connectivity index (χ4v) is 0.778. The lowest BCUT2D eigenvalue weighted by Crippen LogP contribution is -2.32. The Kier molecular flexibility index (Phi) is 10.3. The van der Waals surface area contributed by atoms with Crippen LogP contribution < -0.4 is 0 Å². The van der Waals surface area contributed by atoms with Crippen molar-refractivity contribution >= 4 is 17.6 Å². The predicted molar refractivity (Wildman–Crippen MR) is 60.4 cm³/mol. The largest absolute Gasteiger partial charge is 0.443 e. The molecule has 0 radical (unpaired) electrons. The van der Waals surface area contributed by atoms with Gasteiger partial charge < -0.3 is 4.74 Å². The summed E-state index contributed by atoms with van der Waals surface area (Å²) in [6.45, 7) is 7.12. The number of hydrogen-bond donors (Lipinski definition) is 0. The summed E-state index contributed by atoms with van der Waals surface area (Å²) < 4.78 is 5.11. The average Bonchev–Trinajstić information content (AvgIpc) is 2.16. The van der Waals surface area contributed by atoms with Gasteiger partial charge in [0.25, 0.3) is 0 Å². The van der Waals surface area contributed by atoms with Gasteiger partial charge in [0.2, 0.25) is 0 Å². The third-order valence-corrected chi connectivity index (χ3v) is 1.52. The second-order valence-corrected chi connectivity index (χ2v) is 3.01. The summed E-state index contributed by atoms with van der Waals surface area (Å²) >= 11 is 4.64. The van der Waals surface area contributed by atoms with E-state index < -0.39 is 0 Å². The molecule has 0 heterocycles. The first-order valence-electron chi connectivity index (χ1n) is 4.39. The third kappa shape index (κ3) is 6.92. The van der Waals surface area contributed by atoms with Crippen molar-refractivity contribution in [1.82, 2.24) is 4.90 Å². The average molecular weight is 222 g/mol. The van der Waals surface area contributed by atoms with Gasteiger partial charge in [0.05, 0.1) is 0 Å². The molecule has 0 aromatic heterocycles. The Bertz CT molecular complexity index is 181. The highest BCUT2D eigenvalue weighted by Gasteiger charge is 2.14. The SMILES string of the molecule is C=C(C)C(=O)OC(CC)N(C)C.CCl. The quantitative estimate of drug-likeness (QED) is 0.316. The molecule has 84 valence electrons. The van der Waals surface area contributed by atoms with Crippen LogP contribution in [0.3, 0.4) is 0 Å². The van der Waals surface area contributed by atoms with Crippen molar-refractivity contribution in [3.05, 3.63) is 12.2 Å².